The van der Waals surface area contributed by atoms with Gasteiger partial charge in [-0.2, -0.15) is 10.1 Å². The average Bonchev–Trinajstić information content (AvgIpc) is 3.34. The lowest BCUT2D eigenvalue weighted by molar-refractivity contribution is 0.0949. The molecule has 2 heterocycles. The van der Waals surface area contributed by atoms with E-state index in [2.05, 4.69) is 27.4 Å². The van der Waals surface area contributed by atoms with Crippen molar-refractivity contribution in [3.63, 3.8) is 0 Å². The van der Waals surface area contributed by atoms with Crippen LogP contribution in [0, 0.1) is 0 Å². The molecule has 3 rings (SSSR count). The molecule has 0 spiro atoms. The van der Waals surface area contributed by atoms with E-state index in [-0.39, 0.29) is 5.69 Å². The standard InChI is InChI=1S/C23H24N4O4S/c1-2-3-4-7-12-31-20-10-6-5-9-16(20)19(28)15-24-27-22(29)18-14-17(25-23(30)26-18)21-11-8-13-32-21/h5-6,8-11,13-15H,2-4,7,12H2,1H3,(H,27,29)(H,25,26,30)/b24-15+. The van der Waals surface area contributed by atoms with Crippen molar-refractivity contribution in [2.24, 2.45) is 5.10 Å². The van der Waals surface area contributed by atoms with Gasteiger partial charge in [-0.05, 0) is 36.1 Å². The topological polar surface area (TPSA) is 114 Å². The minimum Gasteiger partial charge on any atom is -0.493 e. The van der Waals surface area contributed by atoms with Crippen LogP contribution >= 0.6 is 11.3 Å². The molecule has 1 amide bonds. The van der Waals surface area contributed by atoms with Crippen molar-refractivity contribution < 1.29 is 14.3 Å². The Morgan fingerprint density at radius 2 is 2.03 bits per heavy atom. The second-order valence-electron chi connectivity index (χ2n) is 6.93. The van der Waals surface area contributed by atoms with Gasteiger partial charge < -0.3 is 9.72 Å². The summed E-state index contributed by atoms with van der Waals surface area (Å²) >= 11 is 1.42. The van der Waals surface area contributed by atoms with E-state index in [1.807, 2.05) is 17.5 Å². The zero-order chi connectivity index (χ0) is 22.8. The molecule has 0 saturated carbocycles. The number of carbonyl (C=O) groups excluding carboxylic acids is 2. The number of aromatic nitrogens is 2. The summed E-state index contributed by atoms with van der Waals surface area (Å²) in [6.07, 6.45) is 5.28. The van der Waals surface area contributed by atoms with Gasteiger partial charge in [0.2, 0.25) is 5.78 Å². The highest BCUT2D eigenvalue weighted by Gasteiger charge is 2.13. The highest BCUT2D eigenvalue weighted by Crippen LogP contribution is 2.22. The number of benzene rings is 1. The molecule has 0 atom stereocenters. The molecule has 1 aromatic carbocycles. The van der Waals surface area contributed by atoms with Crippen LogP contribution in [-0.4, -0.2) is 34.5 Å². The third kappa shape index (κ3) is 6.45. The minimum atomic E-state index is -0.696. The summed E-state index contributed by atoms with van der Waals surface area (Å²) in [6, 6.07) is 12.0. The Balaban J connectivity index is 1.62. The Labute approximate surface area is 189 Å². The summed E-state index contributed by atoms with van der Waals surface area (Å²) in [4.78, 5) is 43.8. The fraction of sp³-hybridized carbons (Fsp3) is 0.261. The molecule has 2 aromatic heterocycles. The predicted molar refractivity (Wildman–Crippen MR) is 125 cm³/mol. The van der Waals surface area contributed by atoms with Crippen LogP contribution in [0.2, 0.25) is 0 Å². The number of para-hydroxylation sites is 1. The number of unbranched alkanes of at least 4 members (excludes halogenated alkanes) is 3. The van der Waals surface area contributed by atoms with Crippen molar-refractivity contribution in [1.82, 2.24) is 15.4 Å². The zero-order valence-electron chi connectivity index (χ0n) is 17.7. The van der Waals surface area contributed by atoms with Crippen LogP contribution in [0.15, 0.2) is 57.7 Å². The second kappa shape index (κ2) is 11.7. The molecule has 166 valence electrons. The van der Waals surface area contributed by atoms with Crippen LogP contribution < -0.4 is 15.9 Å². The quantitative estimate of drug-likeness (QED) is 0.197. The van der Waals surface area contributed by atoms with E-state index in [9.17, 15) is 14.4 Å². The van der Waals surface area contributed by atoms with E-state index < -0.39 is 17.4 Å². The summed E-state index contributed by atoms with van der Waals surface area (Å²) in [5, 5.41) is 5.59. The van der Waals surface area contributed by atoms with E-state index in [0.717, 1.165) is 36.8 Å². The SMILES string of the molecule is CCCCCCOc1ccccc1C(=O)/C=N/NC(=O)c1cc(-c2cccs2)[nH]c(=O)n1. The fourth-order valence-corrected chi connectivity index (χ4v) is 3.62. The smallest absolute Gasteiger partial charge is 0.346 e. The number of nitrogens with zero attached hydrogens (tertiary/aromatic N) is 2. The Bertz CT molecular complexity index is 1140. The van der Waals surface area contributed by atoms with Crippen LogP contribution in [0.3, 0.4) is 0 Å². The van der Waals surface area contributed by atoms with E-state index in [1.165, 1.54) is 17.4 Å². The number of hydrogen-bond acceptors (Lipinski definition) is 7. The van der Waals surface area contributed by atoms with Gasteiger partial charge in [0.25, 0.3) is 5.91 Å². The number of aromatic amines is 1. The lowest BCUT2D eigenvalue weighted by Crippen LogP contribution is -2.24. The van der Waals surface area contributed by atoms with Crippen LogP contribution in [0.25, 0.3) is 10.6 Å². The minimum absolute atomic E-state index is 0.0995. The maximum atomic E-state index is 12.5. The van der Waals surface area contributed by atoms with Gasteiger partial charge in [-0.3, -0.25) is 9.59 Å². The summed E-state index contributed by atoms with van der Waals surface area (Å²) in [6.45, 7) is 2.67. The van der Waals surface area contributed by atoms with Gasteiger partial charge in [-0.1, -0.05) is 44.4 Å². The monoisotopic (exact) mass is 452 g/mol. The van der Waals surface area contributed by atoms with Gasteiger partial charge >= 0.3 is 5.69 Å². The number of hydrogen-bond donors (Lipinski definition) is 2. The number of hydrazone groups is 1. The molecule has 0 unspecified atom stereocenters. The highest BCUT2D eigenvalue weighted by atomic mass is 32.1. The number of thiophene rings is 1. The van der Waals surface area contributed by atoms with Crippen LogP contribution in [0.4, 0.5) is 0 Å². The van der Waals surface area contributed by atoms with Gasteiger partial charge in [-0.15, -0.1) is 11.3 Å². The molecule has 8 nitrogen and oxygen atoms in total. The molecule has 0 bridgehead atoms. The number of ether oxygens (including phenoxy) is 1. The van der Waals surface area contributed by atoms with Crippen molar-refractivity contribution in [2.75, 3.05) is 6.61 Å². The Kier molecular flexibility index (Phi) is 8.44. The van der Waals surface area contributed by atoms with Crippen LogP contribution in [0.5, 0.6) is 5.75 Å². The number of H-pyrrole nitrogens is 1. The number of Topliss-reactive ketones (excluding diaryl/α,β-unsaturated/α-hetero) is 1. The summed E-state index contributed by atoms with van der Waals surface area (Å²) < 4.78 is 5.75. The summed E-state index contributed by atoms with van der Waals surface area (Å²) in [5.74, 6) is -0.630. The van der Waals surface area contributed by atoms with Crippen molar-refractivity contribution in [2.45, 2.75) is 32.6 Å². The molecule has 0 aliphatic heterocycles. The van der Waals surface area contributed by atoms with Crippen molar-refractivity contribution in [1.29, 1.82) is 0 Å². The fourth-order valence-electron chi connectivity index (χ4n) is 2.92. The maximum Gasteiger partial charge on any atom is 0.346 e. The first-order chi connectivity index (χ1) is 15.6. The van der Waals surface area contributed by atoms with Crippen LogP contribution in [-0.2, 0) is 0 Å². The third-order valence-electron chi connectivity index (χ3n) is 4.52. The lowest BCUT2D eigenvalue weighted by atomic mass is 10.1. The predicted octanol–water partition coefficient (Wildman–Crippen LogP) is 4.06. The van der Waals surface area contributed by atoms with Crippen molar-refractivity contribution in [3.8, 4) is 16.3 Å². The number of amides is 1. The average molecular weight is 453 g/mol. The van der Waals surface area contributed by atoms with Gasteiger partial charge in [0.15, 0.2) is 0 Å². The van der Waals surface area contributed by atoms with E-state index in [1.54, 1.807) is 24.3 Å². The van der Waals surface area contributed by atoms with Crippen LogP contribution in [0.1, 0.15) is 53.5 Å². The largest absolute Gasteiger partial charge is 0.493 e. The number of rotatable bonds is 11. The number of carbonyl (C=O) groups is 2. The molecular formula is C23H24N4O4S. The van der Waals surface area contributed by atoms with Gasteiger partial charge in [0.1, 0.15) is 11.4 Å². The van der Waals surface area contributed by atoms with E-state index >= 15 is 0 Å². The molecule has 9 heteroatoms. The van der Waals surface area contributed by atoms with Gasteiger partial charge in [-0.25, -0.2) is 10.2 Å². The van der Waals surface area contributed by atoms with Crippen molar-refractivity contribution in [3.05, 3.63) is 69.6 Å². The first-order valence-electron chi connectivity index (χ1n) is 10.3. The first-order valence-corrected chi connectivity index (χ1v) is 11.2. The van der Waals surface area contributed by atoms with Gasteiger partial charge in [0.05, 0.1) is 29.0 Å². The first kappa shape index (κ1) is 23.1. The maximum absolute atomic E-state index is 12.5. The molecule has 0 aliphatic carbocycles. The zero-order valence-corrected chi connectivity index (χ0v) is 18.5. The molecular weight excluding hydrogens is 428 g/mol. The third-order valence-corrected chi connectivity index (χ3v) is 5.42. The number of nitrogens with one attached hydrogen (secondary N) is 2. The lowest BCUT2D eigenvalue weighted by Gasteiger charge is -2.09. The van der Waals surface area contributed by atoms with E-state index in [0.29, 0.717) is 23.6 Å². The summed E-state index contributed by atoms with van der Waals surface area (Å²) in [7, 11) is 0. The summed E-state index contributed by atoms with van der Waals surface area (Å²) in [5.41, 5.74) is 2.33. The molecule has 0 fully saturated rings. The second-order valence-corrected chi connectivity index (χ2v) is 7.88. The normalized spacial score (nSPS) is 10.9. The molecule has 0 radical (unpaired) electrons. The highest BCUT2D eigenvalue weighted by molar-refractivity contribution is 7.13. The molecule has 2 N–H and O–H groups in total. The molecule has 0 aliphatic rings. The van der Waals surface area contributed by atoms with E-state index in [4.69, 9.17) is 4.74 Å². The van der Waals surface area contributed by atoms with Crippen molar-refractivity contribution >= 4 is 29.2 Å². The number of ketones is 1. The van der Waals surface area contributed by atoms with Gasteiger partial charge in [0, 0.05) is 0 Å². The Morgan fingerprint density at radius 3 is 2.81 bits per heavy atom. The molecule has 0 saturated heterocycles. The Hall–Kier alpha value is -3.59. The molecule has 32 heavy (non-hydrogen) atoms. The molecule has 3 aromatic rings. The Morgan fingerprint density at radius 1 is 1.19 bits per heavy atom.